The van der Waals surface area contributed by atoms with Gasteiger partial charge in [-0.1, -0.05) is 0 Å². The Morgan fingerprint density at radius 2 is 2.23 bits per heavy atom. The Labute approximate surface area is 81.8 Å². The minimum Gasteiger partial charge on any atom is -0.468 e. The fourth-order valence-corrected chi connectivity index (χ4v) is 1.79. The Bertz CT molecular complexity index is 317. The van der Waals surface area contributed by atoms with E-state index in [2.05, 4.69) is 4.98 Å². The predicted molar refractivity (Wildman–Crippen MR) is 51.9 cm³/mol. The Morgan fingerprint density at radius 3 is 2.62 bits per heavy atom. The first-order chi connectivity index (χ1) is 5.98. The van der Waals surface area contributed by atoms with Crippen LogP contribution < -0.4 is 0 Å². The summed E-state index contributed by atoms with van der Waals surface area (Å²) in [5, 5.41) is 2.86. The lowest BCUT2D eigenvalue weighted by molar-refractivity contribution is -0.146. The highest BCUT2D eigenvalue weighted by Crippen LogP contribution is 2.25. The third-order valence-electron chi connectivity index (χ3n) is 1.96. The molecule has 4 heteroatoms. The van der Waals surface area contributed by atoms with E-state index in [1.54, 1.807) is 11.3 Å². The summed E-state index contributed by atoms with van der Waals surface area (Å²) in [6.45, 7) is 5.54. The first-order valence-corrected chi connectivity index (χ1v) is 4.87. The van der Waals surface area contributed by atoms with Crippen molar-refractivity contribution in [3.8, 4) is 0 Å². The molecule has 0 saturated carbocycles. The summed E-state index contributed by atoms with van der Waals surface area (Å²) in [5.41, 5.74) is 0.140. The highest BCUT2D eigenvalue weighted by atomic mass is 32.1. The van der Waals surface area contributed by atoms with Crippen LogP contribution in [0, 0.1) is 6.92 Å². The summed E-state index contributed by atoms with van der Waals surface area (Å²) < 4.78 is 4.70. The number of hydrogen-bond acceptors (Lipinski definition) is 4. The van der Waals surface area contributed by atoms with Crippen LogP contribution in [-0.4, -0.2) is 18.1 Å². The molecule has 0 aromatic carbocycles. The lowest BCUT2D eigenvalue weighted by Gasteiger charge is -2.18. The average molecular weight is 199 g/mol. The number of aryl methyl sites for hydroxylation is 1. The summed E-state index contributed by atoms with van der Waals surface area (Å²) in [6, 6.07) is 0. The van der Waals surface area contributed by atoms with E-state index in [0.717, 1.165) is 10.7 Å². The minimum absolute atomic E-state index is 0.252. The van der Waals surface area contributed by atoms with Crippen molar-refractivity contribution in [1.29, 1.82) is 0 Å². The molecule has 1 rings (SSSR count). The average Bonchev–Trinajstić information content (AvgIpc) is 2.50. The number of nitrogens with zero attached hydrogens (tertiary/aromatic N) is 1. The molecule has 13 heavy (non-hydrogen) atoms. The monoisotopic (exact) mass is 199 g/mol. The molecule has 1 heterocycles. The van der Waals surface area contributed by atoms with Gasteiger partial charge in [0.25, 0.3) is 0 Å². The zero-order chi connectivity index (χ0) is 10.1. The number of carbonyl (C=O) groups is 1. The van der Waals surface area contributed by atoms with E-state index in [9.17, 15) is 4.79 Å². The Hall–Kier alpha value is -0.900. The maximum absolute atomic E-state index is 11.4. The molecule has 72 valence electrons. The topological polar surface area (TPSA) is 39.2 Å². The second kappa shape index (κ2) is 3.46. The lowest BCUT2D eigenvalue weighted by Crippen LogP contribution is -2.30. The van der Waals surface area contributed by atoms with Crippen molar-refractivity contribution in [1.82, 2.24) is 4.98 Å². The molecule has 0 aliphatic heterocycles. The van der Waals surface area contributed by atoms with E-state index in [4.69, 9.17) is 4.74 Å². The van der Waals surface area contributed by atoms with Crippen LogP contribution in [0.25, 0.3) is 0 Å². The highest BCUT2D eigenvalue weighted by molar-refractivity contribution is 7.09. The molecule has 0 atom stereocenters. The van der Waals surface area contributed by atoms with Crippen LogP contribution in [0.2, 0.25) is 0 Å². The summed E-state index contributed by atoms with van der Waals surface area (Å²) in [7, 11) is 1.39. The molecule has 0 saturated heterocycles. The molecule has 0 fully saturated rings. The molecule has 0 aliphatic rings. The SMILES string of the molecule is COC(=O)C(C)(C)c1csc(C)n1. The van der Waals surface area contributed by atoms with E-state index in [0.29, 0.717) is 0 Å². The fourth-order valence-electron chi connectivity index (χ4n) is 1.01. The summed E-state index contributed by atoms with van der Waals surface area (Å²) in [5.74, 6) is -0.252. The van der Waals surface area contributed by atoms with Gasteiger partial charge in [0.2, 0.25) is 0 Å². The van der Waals surface area contributed by atoms with Crippen LogP contribution in [0.15, 0.2) is 5.38 Å². The van der Waals surface area contributed by atoms with Gasteiger partial charge in [0.1, 0.15) is 5.41 Å². The van der Waals surface area contributed by atoms with Gasteiger partial charge in [-0.05, 0) is 20.8 Å². The predicted octanol–water partition coefficient (Wildman–Crippen LogP) is 1.90. The lowest BCUT2D eigenvalue weighted by atomic mass is 9.90. The molecule has 0 spiro atoms. The maximum atomic E-state index is 11.4. The van der Waals surface area contributed by atoms with Gasteiger partial charge in [-0.15, -0.1) is 11.3 Å². The van der Waals surface area contributed by atoms with Gasteiger partial charge >= 0.3 is 5.97 Å². The van der Waals surface area contributed by atoms with Crippen molar-refractivity contribution < 1.29 is 9.53 Å². The summed E-state index contributed by atoms with van der Waals surface area (Å²) in [6.07, 6.45) is 0. The molecule has 1 aromatic rings. The number of ether oxygens (including phenoxy) is 1. The van der Waals surface area contributed by atoms with E-state index in [1.165, 1.54) is 7.11 Å². The molecular weight excluding hydrogens is 186 g/mol. The van der Waals surface area contributed by atoms with E-state index in [1.807, 2.05) is 26.2 Å². The largest absolute Gasteiger partial charge is 0.468 e. The zero-order valence-electron chi connectivity index (χ0n) is 8.25. The van der Waals surface area contributed by atoms with Crippen LogP contribution in [-0.2, 0) is 14.9 Å². The van der Waals surface area contributed by atoms with Gasteiger partial charge in [-0.2, -0.15) is 0 Å². The van der Waals surface area contributed by atoms with Crippen LogP contribution >= 0.6 is 11.3 Å². The summed E-state index contributed by atoms with van der Waals surface area (Å²) >= 11 is 1.54. The first-order valence-electron chi connectivity index (χ1n) is 3.99. The maximum Gasteiger partial charge on any atom is 0.317 e. The number of thiazole rings is 1. The molecule has 0 bridgehead atoms. The fraction of sp³-hybridized carbons (Fsp3) is 0.556. The number of hydrogen-bond donors (Lipinski definition) is 0. The van der Waals surface area contributed by atoms with Gasteiger partial charge in [0.15, 0.2) is 0 Å². The zero-order valence-corrected chi connectivity index (χ0v) is 9.07. The van der Waals surface area contributed by atoms with E-state index in [-0.39, 0.29) is 5.97 Å². The van der Waals surface area contributed by atoms with Crippen molar-refractivity contribution in [3.05, 3.63) is 16.1 Å². The first kappa shape index (κ1) is 10.2. The Kier molecular flexibility index (Phi) is 2.71. The molecule has 3 nitrogen and oxygen atoms in total. The summed E-state index contributed by atoms with van der Waals surface area (Å²) in [4.78, 5) is 15.7. The molecule has 0 amide bonds. The quantitative estimate of drug-likeness (QED) is 0.683. The van der Waals surface area contributed by atoms with Crippen molar-refractivity contribution in [2.24, 2.45) is 0 Å². The number of aromatic nitrogens is 1. The normalized spacial score (nSPS) is 11.4. The Morgan fingerprint density at radius 1 is 1.62 bits per heavy atom. The van der Waals surface area contributed by atoms with E-state index >= 15 is 0 Å². The number of carbonyl (C=O) groups excluding carboxylic acids is 1. The number of methoxy groups -OCH3 is 1. The standard InChI is InChI=1S/C9H13NO2S/c1-6-10-7(5-13-6)9(2,3)8(11)12-4/h5H,1-4H3. The van der Waals surface area contributed by atoms with E-state index < -0.39 is 5.41 Å². The van der Waals surface area contributed by atoms with Gasteiger partial charge in [-0.3, -0.25) is 4.79 Å². The third-order valence-corrected chi connectivity index (χ3v) is 2.73. The van der Waals surface area contributed by atoms with Crippen LogP contribution in [0.1, 0.15) is 24.5 Å². The van der Waals surface area contributed by atoms with Crippen molar-refractivity contribution >= 4 is 17.3 Å². The van der Waals surface area contributed by atoms with Crippen LogP contribution in [0.3, 0.4) is 0 Å². The third kappa shape index (κ3) is 1.88. The van der Waals surface area contributed by atoms with Crippen molar-refractivity contribution in [3.63, 3.8) is 0 Å². The molecule has 0 N–H and O–H groups in total. The molecular formula is C9H13NO2S. The number of rotatable bonds is 2. The second-order valence-corrected chi connectivity index (χ2v) is 4.43. The van der Waals surface area contributed by atoms with Gasteiger partial charge in [0, 0.05) is 5.38 Å². The van der Waals surface area contributed by atoms with Crippen LogP contribution in [0.5, 0.6) is 0 Å². The molecule has 1 aromatic heterocycles. The van der Waals surface area contributed by atoms with Crippen LogP contribution in [0.4, 0.5) is 0 Å². The van der Waals surface area contributed by atoms with Gasteiger partial charge in [-0.25, -0.2) is 4.98 Å². The van der Waals surface area contributed by atoms with Crippen molar-refractivity contribution in [2.75, 3.05) is 7.11 Å². The van der Waals surface area contributed by atoms with Gasteiger partial charge < -0.3 is 4.74 Å². The molecule has 0 unspecified atom stereocenters. The minimum atomic E-state index is -0.639. The Balaban J connectivity index is 2.99. The number of esters is 1. The smallest absolute Gasteiger partial charge is 0.317 e. The second-order valence-electron chi connectivity index (χ2n) is 3.37. The van der Waals surface area contributed by atoms with Gasteiger partial charge in [0.05, 0.1) is 17.8 Å². The highest BCUT2D eigenvalue weighted by Gasteiger charge is 2.33. The molecule has 0 aliphatic carbocycles. The van der Waals surface area contributed by atoms with Crippen molar-refractivity contribution in [2.45, 2.75) is 26.2 Å². The molecule has 0 radical (unpaired) electrons.